The van der Waals surface area contributed by atoms with E-state index in [2.05, 4.69) is 15.6 Å². The summed E-state index contributed by atoms with van der Waals surface area (Å²) >= 11 is 3.23. The van der Waals surface area contributed by atoms with Gasteiger partial charge >= 0.3 is 12.0 Å². The number of nitrogens with zero attached hydrogens (tertiary/aromatic N) is 1. The topological polar surface area (TPSA) is 97.4 Å². The maximum absolute atomic E-state index is 12.2. The van der Waals surface area contributed by atoms with Crippen LogP contribution in [0, 0.1) is 20.8 Å². The van der Waals surface area contributed by atoms with Gasteiger partial charge in [-0.05, 0) is 56.7 Å². The number of thioether (sulfide) groups is 1. The monoisotopic (exact) mass is 469 g/mol. The smallest absolute Gasteiger partial charge is 0.338 e. The molecule has 0 bridgehead atoms. The van der Waals surface area contributed by atoms with Crippen molar-refractivity contribution in [3.05, 3.63) is 75.2 Å². The van der Waals surface area contributed by atoms with Crippen LogP contribution in [0.1, 0.15) is 32.2 Å². The highest BCUT2D eigenvalue weighted by atomic mass is 32.2. The van der Waals surface area contributed by atoms with E-state index in [1.54, 1.807) is 41.3 Å². The fraction of sp³-hybridized carbons (Fsp3) is 0.217. The molecule has 0 aliphatic carbocycles. The first-order chi connectivity index (χ1) is 15.3. The predicted molar refractivity (Wildman–Crippen MR) is 126 cm³/mol. The summed E-state index contributed by atoms with van der Waals surface area (Å²) in [6, 6.07) is 11.8. The molecule has 0 fully saturated rings. The van der Waals surface area contributed by atoms with Gasteiger partial charge in [-0.3, -0.25) is 10.1 Å². The van der Waals surface area contributed by atoms with E-state index in [0.29, 0.717) is 11.3 Å². The van der Waals surface area contributed by atoms with Crippen LogP contribution in [0.4, 0.5) is 10.5 Å². The van der Waals surface area contributed by atoms with Gasteiger partial charge in [0.05, 0.1) is 16.3 Å². The van der Waals surface area contributed by atoms with Gasteiger partial charge in [0, 0.05) is 21.7 Å². The summed E-state index contributed by atoms with van der Waals surface area (Å²) in [6.07, 6.45) is 0. The number of aryl methyl sites for hydroxylation is 3. The van der Waals surface area contributed by atoms with Gasteiger partial charge in [-0.2, -0.15) is 0 Å². The quantitative estimate of drug-likeness (QED) is 0.379. The summed E-state index contributed by atoms with van der Waals surface area (Å²) in [5.74, 6) is -0.605. The third kappa shape index (κ3) is 6.93. The molecule has 3 amide bonds. The lowest BCUT2D eigenvalue weighted by Crippen LogP contribution is -2.37. The number of benzene rings is 2. The minimum absolute atomic E-state index is 0.325. The Hall–Kier alpha value is -3.17. The van der Waals surface area contributed by atoms with Crippen molar-refractivity contribution >= 4 is 46.7 Å². The van der Waals surface area contributed by atoms with Crippen molar-refractivity contribution in [1.82, 2.24) is 10.3 Å². The largest absolute Gasteiger partial charge is 0.452 e. The molecule has 0 atom stereocenters. The fourth-order valence-electron chi connectivity index (χ4n) is 2.80. The second-order valence-electron chi connectivity index (χ2n) is 7.07. The Morgan fingerprint density at radius 3 is 2.47 bits per heavy atom. The fourth-order valence-corrected chi connectivity index (χ4v) is 4.31. The van der Waals surface area contributed by atoms with Crippen molar-refractivity contribution in [2.75, 3.05) is 11.9 Å². The van der Waals surface area contributed by atoms with Crippen molar-refractivity contribution in [3.63, 3.8) is 0 Å². The molecule has 1 aromatic heterocycles. The molecule has 0 aliphatic rings. The Morgan fingerprint density at radius 2 is 1.81 bits per heavy atom. The summed E-state index contributed by atoms with van der Waals surface area (Å²) in [4.78, 5) is 41.5. The number of hydrogen-bond donors (Lipinski definition) is 2. The van der Waals surface area contributed by atoms with Crippen LogP contribution in [-0.4, -0.2) is 29.5 Å². The standard InChI is InChI=1S/C23H23N3O4S2/c1-14-4-9-20(15(2)10-14)25-23(29)26-21(27)11-30-22(28)17-5-7-19(8-6-17)32-13-18-12-31-16(3)24-18/h4-10,12H,11,13H2,1-3H3,(H2,25,26,27,29). The second kappa shape index (κ2) is 10.9. The molecule has 0 spiro atoms. The number of amides is 3. The maximum atomic E-state index is 12.2. The van der Waals surface area contributed by atoms with Crippen molar-refractivity contribution in [1.29, 1.82) is 0 Å². The number of rotatable bonds is 7. The molecule has 3 aromatic rings. The second-order valence-corrected chi connectivity index (χ2v) is 9.18. The van der Waals surface area contributed by atoms with Crippen LogP contribution in [0.3, 0.4) is 0 Å². The molecule has 3 rings (SSSR count). The van der Waals surface area contributed by atoms with E-state index in [1.807, 2.05) is 50.4 Å². The molecule has 7 nitrogen and oxygen atoms in total. The highest BCUT2D eigenvalue weighted by Gasteiger charge is 2.13. The van der Waals surface area contributed by atoms with E-state index >= 15 is 0 Å². The molecule has 0 unspecified atom stereocenters. The Kier molecular flexibility index (Phi) is 8.02. The number of esters is 1. The third-order valence-corrected chi connectivity index (χ3v) is 6.23. The van der Waals surface area contributed by atoms with Gasteiger partial charge in [-0.1, -0.05) is 17.7 Å². The van der Waals surface area contributed by atoms with E-state index in [9.17, 15) is 14.4 Å². The molecule has 0 saturated heterocycles. The van der Waals surface area contributed by atoms with E-state index in [-0.39, 0.29) is 0 Å². The number of aromatic nitrogens is 1. The lowest BCUT2D eigenvalue weighted by atomic mass is 10.1. The van der Waals surface area contributed by atoms with E-state index in [1.165, 1.54) is 0 Å². The third-order valence-electron chi connectivity index (χ3n) is 4.36. The summed E-state index contributed by atoms with van der Waals surface area (Å²) in [5.41, 5.74) is 3.89. The highest BCUT2D eigenvalue weighted by molar-refractivity contribution is 7.98. The first kappa shape index (κ1) is 23.5. The van der Waals surface area contributed by atoms with Gasteiger partial charge in [0.25, 0.3) is 5.91 Å². The SMILES string of the molecule is Cc1ccc(NC(=O)NC(=O)COC(=O)c2ccc(SCc3csc(C)n3)cc2)c(C)c1. The van der Waals surface area contributed by atoms with Gasteiger partial charge in [0.2, 0.25) is 0 Å². The number of urea groups is 1. The van der Waals surface area contributed by atoms with Crippen LogP contribution in [0.5, 0.6) is 0 Å². The Labute approximate surface area is 194 Å². The number of ether oxygens (including phenoxy) is 1. The first-order valence-corrected chi connectivity index (χ1v) is 11.7. The Morgan fingerprint density at radius 1 is 1.06 bits per heavy atom. The van der Waals surface area contributed by atoms with Gasteiger partial charge in [-0.25, -0.2) is 14.6 Å². The lowest BCUT2D eigenvalue weighted by molar-refractivity contribution is -0.123. The van der Waals surface area contributed by atoms with Crippen molar-refractivity contribution in [2.24, 2.45) is 0 Å². The zero-order valence-electron chi connectivity index (χ0n) is 17.9. The average molecular weight is 470 g/mol. The number of carbonyl (C=O) groups excluding carboxylic acids is 3. The zero-order chi connectivity index (χ0) is 23.1. The first-order valence-electron chi connectivity index (χ1n) is 9.79. The molecule has 9 heteroatoms. The van der Waals surface area contributed by atoms with Crippen molar-refractivity contribution in [3.8, 4) is 0 Å². The van der Waals surface area contributed by atoms with Crippen LogP contribution < -0.4 is 10.6 Å². The van der Waals surface area contributed by atoms with Crippen LogP contribution in [-0.2, 0) is 15.3 Å². The summed E-state index contributed by atoms with van der Waals surface area (Å²) < 4.78 is 5.01. The highest BCUT2D eigenvalue weighted by Crippen LogP contribution is 2.24. The van der Waals surface area contributed by atoms with E-state index in [0.717, 1.165) is 32.5 Å². The number of thiazole rings is 1. The molecular weight excluding hydrogens is 446 g/mol. The molecular formula is C23H23N3O4S2. The molecule has 2 aromatic carbocycles. The molecule has 0 aliphatic heterocycles. The number of anilines is 1. The molecule has 1 heterocycles. The molecule has 32 heavy (non-hydrogen) atoms. The van der Waals surface area contributed by atoms with Crippen LogP contribution >= 0.6 is 23.1 Å². The lowest BCUT2D eigenvalue weighted by Gasteiger charge is -2.10. The summed E-state index contributed by atoms with van der Waals surface area (Å²) in [5, 5.41) is 7.81. The van der Waals surface area contributed by atoms with Gasteiger partial charge in [0.15, 0.2) is 6.61 Å². The maximum Gasteiger partial charge on any atom is 0.338 e. The minimum Gasteiger partial charge on any atom is -0.452 e. The minimum atomic E-state index is -0.716. The zero-order valence-corrected chi connectivity index (χ0v) is 19.6. The van der Waals surface area contributed by atoms with Gasteiger partial charge in [0.1, 0.15) is 0 Å². The number of carbonyl (C=O) groups is 3. The normalized spacial score (nSPS) is 10.5. The molecule has 2 N–H and O–H groups in total. The number of hydrogen-bond acceptors (Lipinski definition) is 7. The van der Waals surface area contributed by atoms with Crippen LogP contribution in [0.25, 0.3) is 0 Å². The van der Waals surface area contributed by atoms with Crippen LogP contribution in [0.15, 0.2) is 52.7 Å². The number of nitrogens with one attached hydrogen (secondary N) is 2. The Balaban J connectivity index is 1.43. The van der Waals surface area contributed by atoms with Crippen LogP contribution in [0.2, 0.25) is 0 Å². The number of imide groups is 1. The van der Waals surface area contributed by atoms with E-state index in [4.69, 9.17) is 4.74 Å². The van der Waals surface area contributed by atoms with E-state index < -0.39 is 24.5 Å². The van der Waals surface area contributed by atoms with Crippen molar-refractivity contribution in [2.45, 2.75) is 31.4 Å². The Bertz CT molecular complexity index is 1130. The summed E-state index contributed by atoms with van der Waals surface area (Å²) in [6.45, 7) is 5.22. The summed E-state index contributed by atoms with van der Waals surface area (Å²) in [7, 11) is 0. The average Bonchev–Trinajstić information content (AvgIpc) is 3.18. The molecule has 0 radical (unpaired) electrons. The van der Waals surface area contributed by atoms with Gasteiger partial charge in [-0.15, -0.1) is 23.1 Å². The van der Waals surface area contributed by atoms with Gasteiger partial charge < -0.3 is 10.1 Å². The van der Waals surface area contributed by atoms with Crippen molar-refractivity contribution < 1.29 is 19.1 Å². The molecule has 0 saturated carbocycles. The molecule has 166 valence electrons. The predicted octanol–water partition coefficient (Wildman–Crippen LogP) is 4.87.